The fourth-order valence-corrected chi connectivity index (χ4v) is 3.31. The maximum Gasteiger partial charge on any atom is 0.255 e. The monoisotopic (exact) mass is 344 g/mol. The average molecular weight is 345 g/mol. The van der Waals surface area contributed by atoms with Crippen LogP contribution in [0.15, 0.2) is 42.5 Å². The van der Waals surface area contributed by atoms with Crippen molar-refractivity contribution in [2.24, 2.45) is 0 Å². The van der Waals surface area contributed by atoms with Crippen LogP contribution in [0.2, 0.25) is 5.02 Å². The van der Waals surface area contributed by atoms with E-state index in [0.717, 1.165) is 42.9 Å². The summed E-state index contributed by atoms with van der Waals surface area (Å²) in [5.74, 6) is -0.176. The van der Waals surface area contributed by atoms with Crippen molar-refractivity contribution in [2.75, 3.05) is 23.3 Å². The highest BCUT2D eigenvalue weighted by Crippen LogP contribution is 2.29. The molecule has 2 aromatic carbocycles. The SMILES string of the molecule is Cc1cc(Cl)cc(C(=O)Nc2ccccc2N2CCC(O)CC2)c1. The molecule has 126 valence electrons. The third kappa shape index (κ3) is 3.89. The van der Waals surface area contributed by atoms with Crippen molar-refractivity contribution in [1.82, 2.24) is 0 Å². The molecule has 1 saturated heterocycles. The van der Waals surface area contributed by atoms with E-state index in [0.29, 0.717) is 10.6 Å². The van der Waals surface area contributed by atoms with Crippen LogP contribution in [0.5, 0.6) is 0 Å². The van der Waals surface area contributed by atoms with Crippen LogP contribution in [-0.4, -0.2) is 30.2 Å². The van der Waals surface area contributed by atoms with Gasteiger partial charge in [-0.25, -0.2) is 0 Å². The third-order valence-corrected chi connectivity index (χ3v) is 4.48. The smallest absolute Gasteiger partial charge is 0.255 e. The van der Waals surface area contributed by atoms with Crippen LogP contribution in [0.4, 0.5) is 11.4 Å². The van der Waals surface area contributed by atoms with Gasteiger partial charge in [-0.05, 0) is 55.7 Å². The van der Waals surface area contributed by atoms with E-state index in [-0.39, 0.29) is 12.0 Å². The van der Waals surface area contributed by atoms with Crippen LogP contribution in [-0.2, 0) is 0 Å². The zero-order valence-electron chi connectivity index (χ0n) is 13.6. The number of halogens is 1. The number of aliphatic hydroxyl groups excluding tert-OH is 1. The average Bonchev–Trinajstić information content (AvgIpc) is 2.55. The molecule has 0 atom stereocenters. The van der Waals surface area contributed by atoms with E-state index in [1.165, 1.54) is 0 Å². The van der Waals surface area contributed by atoms with Crippen LogP contribution < -0.4 is 10.2 Å². The van der Waals surface area contributed by atoms with E-state index in [1.54, 1.807) is 6.07 Å². The minimum atomic E-state index is -0.225. The Bertz CT molecular complexity index is 720. The molecule has 0 bridgehead atoms. The van der Waals surface area contributed by atoms with Crippen LogP contribution in [0.3, 0.4) is 0 Å². The lowest BCUT2D eigenvalue weighted by Gasteiger charge is -2.32. The Morgan fingerprint density at radius 1 is 1.21 bits per heavy atom. The molecular weight excluding hydrogens is 324 g/mol. The highest BCUT2D eigenvalue weighted by molar-refractivity contribution is 6.31. The predicted molar refractivity (Wildman–Crippen MR) is 98.0 cm³/mol. The summed E-state index contributed by atoms with van der Waals surface area (Å²) in [4.78, 5) is 14.8. The quantitative estimate of drug-likeness (QED) is 0.888. The molecule has 4 nitrogen and oxygen atoms in total. The Labute approximate surface area is 147 Å². The number of rotatable bonds is 3. The molecule has 1 aliphatic rings. The fourth-order valence-electron chi connectivity index (χ4n) is 3.02. The molecule has 2 N–H and O–H groups in total. The van der Waals surface area contributed by atoms with Crippen molar-refractivity contribution in [3.8, 4) is 0 Å². The number of nitrogens with one attached hydrogen (secondary N) is 1. The summed E-state index contributed by atoms with van der Waals surface area (Å²) in [7, 11) is 0. The molecular formula is C19H21ClN2O2. The van der Waals surface area contributed by atoms with Gasteiger partial charge in [0, 0.05) is 23.7 Å². The number of hydrogen-bond acceptors (Lipinski definition) is 3. The number of nitrogens with zero attached hydrogens (tertiary/aromatic N) is 1. The predicted octanol–water partition coefficient (Wildman–Crippen LogP) is 3.86. The van der Waals surface area contributed by atoms with Crippen LogP contribution in [0, 0.1) is 6.92 Å². The van der Waals surface area contributed by atoms with Gasteiger partial charge in [-0.15, -0.1) is 0 Å². The third-order valence-electron chi connectivity index (χ3n) is 4.26. The highest BCUT2D eigenvalue weighted by Gasteiger charge is 2.20. The van der Waals surface area contributed by atoms with Crippen molar-refractivity contribution >= 4 is 28.9 Å². The number of carbonyl (C=O) groups excluding carboxylic acids is 1. The van der Waals surface area contributed by atoms with Gasteiger partial charge < -0.3 is 15.3 Å². The van der Waals surface area contributed by atoms with Crippen LogP contribution in [0.25, 0.3) is 0 Å². The number of benzene rings is 2. The maximum absolute atomic E-state index is 12.6. The number of anilines is 2. The standard InChI is InChI=1S/C19H21ClN2O2/c1-13-10-14(12-15(20)11-13)19(24)21-17-4-2-3-5-18(17)22-8-6-16(23)7-9-22/h2-5,10-12,16,23H,6-9H2,1H3,(H,21,24). The topological polar surface area (TPSA) is 52.6 Å². The minimum absolute atomic E-state index is 0.176. The zero-order chi connectivity index (χ0) is 17.1. The Balaban J connectivity index is 1.81. The molecule has 3 rings (SSSR count). The van der Waals surface area contributed by atoms with Crippen LogP contribution >= 0.6 is 11.6 Å². The van der Waals surface area contributed by atoms with Gasteiger partial charge in [-0.1, -0.05) is 23.7 Å². The first-order valence-electron chi connectivity index (χ1n) is 8.13. The Hall–Kier alpha value is -2.04. The number of amides is 1. The first kappa shape index (κ1) is 16.8. The van der Waals surface area contributed by atoms with Crippen molar-refractivity contribution in [3.05, 3.63) is 58.6 Å². The molecule has 0 unspecified atom stereocenters. The second-order valence-electron chi connectivity index (χ2n) is 6.21. The molecule has 24 heavy (non-hydrogen) atoms. The highest BCUT2D eigenvalue weighted by atomic mass is 35.5. The summed E-state index contributed by atoms with van der Waals surface area (Å²) in [6.07, 6.45) is 1.27. The van der Waals surface area contributed by atoms with Gasteiger partial charge in [0.05, 0.1) is 17.5 Å². The van der Waals surface area contributed by atoms with Crippen LogP contribution in [0.1, 0.15) is 28.8 Å². The summed E-state index contributed by atoms with van der Waals surface area (Å²) in [6, 6.07) is 13.1. The summed E-state index contributed by atoms with van der Waals surface area (Å²) in [5, 5.41) is 13.2. The summed E-state index contributed by atoms with van der Waals surface area (Å²) < 4.78 is 0. The van der Waals surface area contributed by atoms with Gasteiger partial charge in [0.1, 0.15) is 0 Å². The molecule has 0 aliphatic carbocycles. The second kappa shape index (κ2) is 7.24. The Morgan fingerprint density at radius 3 is 2.62 bits per heavy atom. The number of piperidine rings is 1. The van der Waals surface area contributed by atoms with E-state index >= 15 is 0 Å². The molecule has 0 aromatic heterocycles. The normalized spacial score (nSPS) is 15.4. The maximum atomic E-state index is 12.6. The number of para-hydroxylation sites is 2. The van der Waals surface area contributed by atoms with E-state index in [1.807, 2.05) is 43.3 Å². The molecule has 1 amide bonds. The van der Waals surface area contributed by atoms with Gasteiger partial charge in [-0.2, -0.15) is 0 Å². The van der Waals surface area contributed by atoms with E-state index in [9.17, 15) is 9.90 Å². The van der Waals surface area contributed by atoms with Gasteiger partial charge in [0.2, 0.25) is 0 Å². The molecule has 1 heterocycles. The first-order valence-corrected chi connectivity index (χ1v) is 8.51. The zero-order valence-corrected chi connectivity index (χ0v) is 14.4. The largest absolute Gasteiger partial charge is 0.393 e. The second-order valence-corrected chi connectivity index (χ2v) is 6.64. The van der Waals surface area contributed by atoms with Crippen molar-refractivity contribution in [3.63, 3.8) is 0 Å². The van der Waals surface area contributed by atoms with Gasteiger partial charge in [0.25, 0.3) is 5.91 Å². The van der Waals surface area contributed by atoms with E-state index < -0.39 is 0 Å². The summed E-state index contributed by atoms with van der Waals surface area (Å²) >= 11 is 6.05. The summed E-state index contributed by atoms with van der Waals surface area (Å²) in [6.45, 7) is 3.48. The molecule has 0 saturated carbocycles. The lowest BCUT2D eigenvalue weighted by Crippen LogP contribution is -2.36. The molecule has 2 aromatic rings. The molecule has 1 fully saturated rings. The molecule has 0 radical (unpaired) electrons. The van der Waals surface area contributed by atoms with Crippen molar-refractivity contribution in [2.45, 2.75) is 25.9 Å². The Kier molecular flexibility index (Phi) is 5.07. The minimum Gasteiger partial charge on any atom is -0.393 e. The number of aryl methyl sites for hydroxylation is 1. The number of aliphatic hydroxyl groups is 1. The molecule has 0 spiro atoms. The van der Waals surface area contributed by atoms with Gasteiger partial charge in [-0.3, -0.25) is 4.79 Å². The Morgan fingerprint density at radius 2 is 1.92 bits per heavy atom. The summed E-state index contributed by atoms with van der Waals surface area (Å²) in [5.41, 5.74) is 3.25. The lowest BCUT2D eigenvalue weighted by atomic mass is 10.1. The van der Waals surface area contributed by atoms with Crippen molar-refractivity contribution in [1.29, 1.82) is 0 Å². The first-order chi connectivity index (χ1) is 11.5. The van der Waals surface area contributed by atoms with Crippen molar-refractivity contribution < 1.29 is 9.90 Å². The fraction of sp³-hybridized carbons (Fsp3) is 0.316. The van der Waals surface area contributed by atoms with E-state index in [4.69, 9.17) is 11.6 Å². The van der Waals surface area contributed by atoms with E-state index in [2.05, 4.69) is 10.2 Å². The lowest BCUT2D eigenvalue weighted by molar-refractivity contribution is 0.102. The molecule has 1 aliphatic heterocycles. The number of carbonyl (C=O) groups is 1. The van der Waals surface area contributed by atoms with Gasteiger partial charge >= 0.3 is 0 Å². The molecule has 5 heteroatoms. The number of hydrogen-bond donors (Lipinski definition) is 2. The van der Waals surface area contributed by atoms with Gasteiger partial charge in [0.15, 0.2) is 0 Å².